The first-order valence-electron chi connectivity index (χ1n) is 12.9. The zero-order valence-electron chi connectivity index (χ0n) is 22.1. The van der Waals surface area contributed by atoms with Crippen molar-refractivity contribution in [1.82, 2.24) is 14.7 Å². The summed E-state index contributed by atoms with van der Waals surface area (Å²) < 4.78 is 13.1. The summed E-state index contributed by atoms with van der Waals surface area (Å²) in [5.74, 6) is 1.48. The lowest BCUT2D eigenvalue weighted by Gasteiger charge is -2.29. The number of anilines is 2. The lowest BCUT2D eigenvalue weighted by molar-refractivity contribution is 0.147. The number of benzene rings is 2. The Kier molecular flexibility index (Phi) is 9.91. The maximum atomic E-state index is 13.2. The van der Waals surface area contributed by atoms with E-state index in [-0.39, 0.29) is 0 Å². The summed E-state index contributed by atoms with van der Waals surface area (Å²) in [6.07, 6.45) is 3.75. The van der Waals surface area contributed by atoms with Gasteiger partial charge >= 0.3 is 6.03 Å². The number of urea groups is 1. The quantitative estimate of drug-likeness (QED) is 0.280. The van der Waals surface area contributed by atoms with Crippen LogP contribution in [0.5, 0.6) is 5.88 Å². The molecule has 2 N–H and O–H groups in total. The minimum Gasteiger partial charge on any atom is -0.476 e. The van der Waals surface area contributed by atoms with Crippen LogP contribution in [0.2, 0.25) is 10.0 Å². The predicted molar refractivity (Wildman–Crippen MR) is 153 cm³/mol. The number of nitrogens with zero attached hydrogens (tertiary/aromatic N) is 3. The zero-order valence-corrected chi connectivity index (χ0v) is 23.6. The maximum absolute atomic E-state index is 13.2. The molecule has 10 heteroatoms. The Morgan fingerprint density at radius 3 is 2.66 bits per heavy atom. The third-order valence-corrected chi connectivity index (χ3v) is 7.40. The van der Waals surface area contributed by atoms with Gasteiger partial charge in [-0.25, -0.2) is 9.48 Å². The number of carbonyl (C=O) groups is 1. The molecule has 0 saturated carbocycles. The Bertz CT molecular complexity index is 1230. The molecule has 2 amide bonds. The van der Waals surface area contributed by atoms with Crippen LogP contribution < -0.4 is 15.4 Å². The first kappa shape index (κ1) is 28.2. The smallest absolute Gasteiger partial charge is 0.324 e. The van der Waals surface area contributed by atoms with Gasteiger partial charge in [-0.3, -0.25) is 5.32 Å². The molecule has 0 radical (unpaired) electrons. The summed E-state index contributed by atoms with van der Waals surface area (Å²) in [6, 6.07) is 12.7. The molecule has 0 spiro atoms. The standard InChI is InChI=1S/C28H35Cl2N5O3/c1-19-26(32-28(36)31-25-16-24(30)23(29)15-21(25)10-8-14-37-3)35(22-11-5-4-6-12-22)33-27(19)38-18-20-9-7-13-34(2)17-20/h4-6,11-12,15-16,20H,7-10,13-14,17-18H2,1-3H3,(H2,31,32,36)/t20-/m0/s1. The molecule has 38 heavy (non-hydrogen) atoms. The van der Waals surface area contributed by atoms with Crippen molar-refractivity contribution < 1.29 is 14.3 Å². The number of carbonyl (C=O) groups excluding carboxylic acids is 1. The summed E-state index contributed by atoms with van der Waals surface area (Å²) in [6.45, 7) is 5.20. The molecule has 1 aliphatic heterocycles. The first-order valence-corrected chi connectivity index (χ1v) is 13.6. The molecule has 1 atom stereocenters. The summed E-state index contributed by atoms with van der Waals surface area (Å²) in [5.41, 5.74) is 3.03. The minimum absolute atomic E-state index is 0.368. The topological polar surface area (TPSA) is 80.7 Å². The van der Waals surface area contributed by atoms with Gasteiger partial charge < -0.3 is 19.7 Å². The van der Waals surface area contributed by atoms with E-state index in [0.29, 0.717) is 53.0 Å². The minimum atomic E-state index is -0.419. The number of aromatic nitrogens is 2. The van der Waals surface area contributed by atoms with E-state index in [1.54, 1.807) is 23.9 Å². The second-order valence-electron chi connectivity index (χ2n) is 9.71. The fourth-order valence-corrected chi connectivity index (χ4v) is 5.05. The summed E-state index contributed by atoms with van der Waals surface area (Å²) >= 11 is 12.5. The van der Waals surface area contributed by atoms with Crippen LogP contribution in [0.1, 0.15) is 30.4 Å². The molecular weight excluding hydrogens is 525 g/mol. The van der Waals surface area contributed by atoms with Gasteiger partial charge in [-0.05, 0) is 76.0 Å². The number of amides is 2. The molecule has 4 rings (SSSR count). The van der Waals surface area contributed by atoms with Crippen LogP contribution in [0.4, 0.5) is 16.3 Å². The Labute approximate surface area is 234 Å². The molecule has 0 unspecified atom stereocenters. The number of aryl methyl sites for hydroxylation is 1. The summed E-state index contributed by atoms with van der Waals surface area (Å²) in [5, 5.41) is 11.4. The number of halogens is 2. The normalized spacial score (nSPS) is 15.9. The molecule has 0 bridgehead atoms. The van der Waals surface area contributed by atoms with Gasteiger partial charge in [-0.15, -0.1) is 5.10 Å². The lowest BCUT2D eigenvalue weighted by atomic mass is 10.00. The third kappa shape index (κ3) is 7.20. The van der Waals surface area contributed by atoms with Crippen LogP contribution in [0.15, 0.2) is 42.5 Å². The Morgan fingerprint density at radius 2 is 1.92 bits per heavy atom. The first-order chi connectivity index (χ1) is 18.4. The van der Waals surface area contributed by atoms with Crippen molar-refractivity contribution in [3.8, 4) is 11.6 Å². The molecule has 204 valence electrons. The van der Waals surface area contributed by atoms with Gasteiger partial charge in [0.15, 0.2) is 0 Å². The van der Waals surface area contributed by atoms with Gasteiger partial charge in [0.1, 0.15) is 5.82 Å². The Balaban J connectivity index is 1.55. The fourth-order valence-electron chi connectivity index (χ4n) is 4.70. The number of methoxy groups -OCH3 is 1. The van der Waals surface area contributed by atoms with Crippen molar-refractivity contribution in [2.75, 3.05) is 51.1 Å². The number of rotatable bonds is 10. The van der Waals surface area contributed by atoms with Crippen molar-refractivity contribution in [3.05, 3.63) is 63.6 Å². The molecular formula is C28H35Cl2N5O3. The largest absolute Gasteiger partial charge is 0.476 e. The SMILES string of the molecule is COCCCc1cc(Cl)c(Cl)cc1NC(=O)Nc1c(C)c(OC[C@H]2CCCN(C)C2)nn1-c1ccccc1. The van der Waals surface area contributed by atoms with E-state index in [2.05, 4.69) is 22.6 Å². The highest BCUT2D eigenvalue weighted by atomic mass is 35.5. The van der Waals surface area contributed by atoms with E-state index in [1.807, 2.05) is 37.3 Å². The number of nitrogens with one attached hydrogen (secondary N) is 2. The van der Waals surface area contributed by atoms with E-state index in [1.165, 1.54) is 0 Å². The highest BCUT2D eigenvalue weighted by Gasteiger charge is 2.23. The van der Waals surface area contributed by atoms with E-state index in [9.17, 15) is 4.79 Å². The zero-order chi connectivity index (χ0) is 27.1. The third-order valence-electron chi connectivity index (χ3n) is 6.68. The van der Waals surface area contributed by atoms with Crippen LogP contribution in [0, 0.1) is 12.8 Å². The second kappa shape index (κ2) is 13.3. The van der Waals surface area contributed by atoms with Crippen LogP contribution in [-0.2, 0) is 11.2 Å². The maximum Gasteiger partial charge on any atom is 0.324 e. The van der Waals surface area contributed by atoms with Gasteiger partial charge in [0, 0.05) is 31.9 Å². The van der Waals surface area contributed by atoms with E-state index >= 15 is 0 Å². The van der Waals surface area contributed by atoms with Crippen molar-refractivity contribution in [1.29, 1.82) is 0 Å². The summed E-state index contributed by atoms with van der Waals surface area (Å²) in [7, 11) is 3.80. The van der Waals surface area contributed by atoms with Crippen LogP contribution in [0.3, 0.4) is 0 Å². The average molecular weight is 561 g/mol. The Hall–Kier alpha value is -2.78. The number of likely N-dealkylation sites (tertiary alicyclic amines) is 1. The van der Waals surface area contributed by atoms with Gasteiger partial charge in [-0.1, -0.05) is 41.4 Å². The Morgan fingerprint density at radius 1 is 1.16 bits per heavy atom. The molecule has 1 saturated heterocycles. The van der Waals surface area contributed by atoms with Crippen molar-refractivity contribution in [2.24, 2.45) is 5.92 Å². The molecule has 8 nitrogen and oxygen atoms in total. The number of hydrogen-bond donors (Lipinski definition) is 2. The van der Waals surface area contributed by atoms with Gasteiger partial charge in [0.05, 0.1) is 27.9 Å². The van der Waals surface area contributed by atoms with Crippen molar-refractivity contribution in [2.45, 2.75) is 32.6 Å². The molecule has 1 fully saturated rings. The van der Waals surface area contributed by atoms with E-state index < -0.39 is 6.03 Å². The van der Waals surface area contributed by atoms with Gasteiger partial charge in [0.2, 0.25) is 5.88 Å². The van der Waals surface area contributed by atoms with Crippen molar-refractivity contribution in [3.63, 3.8) is 0 Å². The predicted octanol–water partition coefficient (Wildman–Crippen LogP) is 6.43. The monoisotopic (exact) mass is 559 g/mol. The van der Waals surface area contributed by atoms with Gasteiger partial charge in [-0.2, -0.15) is 0 Å². The van der Waals surface area contributed by atoms with Crippen LogP contribution >= 0.6 is 23.2 Å². The second-order valence-corrected chi connectivity index (χ2v) is 10.5. The van der Waals surface area contributed by atoms with Gasteiger partial charge in [0.25, 0.3) is 0 Å². The number of hydrogen-bond acceptors (Lipinski definition) is 5. The molecule has 2 heterocycles. The number of ether oxygens (including phenoxy) is 2. The molecule has 1 aromatic heterocycles. The van der Waals surface area contributed by atoms with E-state index in [0.717, 1.165) is 49.2 Å². The van der Waals surface area contributed by atoms with E-state index in [4.69, 9.17) is 37.8 Å². The van der Waals surface area contributed by atoms with Crippen molar-refractivity contribution >= 4 is 40.7 Å². The molecule has 2 aromatic carbocycles. The number of para-hydroxylation sites is 1. The fraction of sp³-hybridized carbons (Fsp3) is 0.429. The molecule has 3 aromatic rings. The lowest BCUT2D eigenvalue weighted by Crippen LogP contribution is -2.34. The highest BCUT2D eigenvalue weighted by Crippen LogP contribution is 2.32. The van der Waals surface area contributed by atoms with Crippen LogP contribution in [-0.4, -0.2) is 61.2 Å². The number of piperidine rings is 1. The summed E-state index contributed by atoms with van der Waals surface area (Å²) in [4.78, 5) is 15.6. The molecule has 1 aliphatic rings. The van der Waals surface area contributed by atoms with Crippen LogP contribution in [0.25, 0.3) is 5.69 Å². The highest BCUT2D eigenvalue weighted by molar-refractivity contribution is 6.42. The average Bonchev–Trinajstić information content (AvgIpc) is 3.21. The molecule has 0 aliphatic carbocycles.